The SMILES string of the molecule is C1=C\CCC2CCC2CCC/1. The molecule has 1 fully saturated rings. The highest BCUT2D eigenvalue weighted by Crippen LogP contribution is 2.41. The topological polar surface area (TPSA) is 0 Å². The Morgan fingerprint density at radius 1 is 0.727 bits per heavy atom. The summed E-state index contributed by atoms with van der Waals surface area (Å²) in [5.74, 6) is 2.23. The Morgan fingerprint density at radius 3 is 2.27 bits per heavy atom. The van der Waals surface area contributed by atoms with Crippen molar-refractivity contribution >= 4 is 0 Å². The average molecular weight is 150 g/mol. The van der Waals surface area contributed by atoms with Gasteiger partial charge in [-0.25, -0.2) is 0 Å². The van der Waals surface area contributed by atoms with Crippen molar-refractivity contribution in [2.24, 2.45) is 11.8 Å². The maximum absolute atomic E-state index is 2.39. The second-order valence-corrected chi connectivity index (χ2v) is 4.08. The summed E-state index contributed by atoms with van der Waals surface area (Å²) in [6, 6.07) is 0. The Labute approximate surface area is 69.7 Å². The second kappa shape index (κ2) is 3.42. The molecule has 2 atom stereocenters. The van der Waals surface area contributed by atoms with E-state index in [1.54, 1.807) is 0 Å². The fraction of sp³-hybridized carbons (Fsp3) is 0.818. The van der Waals surface area contributed by atoms with Crippen LogP contribution in [0.5, 0.6) is 0 Å². The highest BCUT2D eigenvalue weighted by atomic mass is 14.3. The highest BCUT2D eigenvalue weighted by molar-refractivity contribution is 4.89. The molecule has 2 rings (SSSR count). The van der Waals surface area contributed by atoms with Gasteiger partial charge in [-0.3, -0.25) is 0 Å². The molecule has 2 aliphatic rings. The summed E-state index contributed by atoms with van der Waals surface area (Å²) in [6.07, 6.45) is 14.9. The van der Waals surface area contributed by atoms with E-state index >= 15 is 0 Å². The van der Waals surface area contributed by atoms with Gasteiger partial charge < -0.3 is 0 Å². The predicted molar refractivity (Wildman–Crippen MR) is 48.4 cm³/mol. The lowest BCUT2D eigenvalue weighted by atomic mass is 9.69. The highest BCUT2D eigenvalue weighted by Gasteiger charge is 2.29. The summed E-state index contributed by atoms with van der Waals surface area (Å²) in [5, 5.41) is 0. The van der Waals surface area contributed by atoms with Crippen molar-refractivity contribution in [3.8, 4) is 0 Å². The molecule has 0 heteroatoms. The van der Waals surface area contributed by atoms with Crippen molar-refractivity contribution < 1.29 is 0 Å². The van der Waals surface area contributed by atoms with Crippen LogP contribution in [-0.4, -0.2) is 0 Å². The Bertz CT molecular complexity index is 146. The smallest absolute Gasteiger partial charge is 0.0348 e. The van der Waals surface area contributed by atoms with Crippen LogP contribution in [0.2, 0.25) is 0 Å². The maximum Gasteiger partial charge on any atom is -0.0348 e. The Morgan fingerprint density at radius 2 is 1.45 bits per heavy atom. The fourth-order valence-electron chi connectivity index (χ4n) is 2.44. The van der Waals surface area contributed by atoms with Crippen molar-refractivity contribution in [1.29, 1.82) is 0 Å². The lowest BCUT2D eigenvalue weighted by molar-refractivity contribution is 0.153. The van der Waals surface area contributed by atoms with E-state index in [4.69, 9.17) is 0 Å². The van der Waals surface area contributed by atoms with Gasteiger partial charge >= 0.3 is 0 Å². The van der Waals surface area contributed by atoms with Crippen molar-refractivity contribution in [3.63, 3.8) is 0 Å². The van der Waals surface area contributed by atoms with Crippen LogP contribution in [0, 0.1) is 11.8 Å². The van der Waals surface area contributed by atoms with Gasteiger partial charge in [-0.15, -0.1) is 0 Å². The first kappa shape index (κ1) is 7.39. The first-order chi connectivity index (χ1) is 5.47. The van der Waals surface area contributed by atoms with Crippen LogP contribution in [0.1, 0.15) is 44.9 Å². The molecular formula is C11H18. The van der Waals surface area contributed by atoms with Crippen LogP contribution < -0.4 is 0 Å². The zero-order valence-electron chi connectivity index (χ0n) is 7.26. The Hall–Kier alpha value is -0.260. The normalized spacial score (nSPS) is 40.7. The van der Waals surface area contributed by atoms with Crippen LogP contribution in [-0.2, 0) is 0 Å². The standard InChI is InChI=1S/C11H18/c1-2-4-6-10-8-9-11(10)7-5-3-1/h1-2,10-11H,3-9H2/b2-1-. The van der Waals surface area contributed by atoms with Crippen LogP contribution in [0.25, 0.3) is 0 Å². The van der Waals surface area contributed by atoms with Gasteiger partial charge in [-0.05, 0) is 56.8 Å². The summed E-state index contributed by atoms with van der Waals surface area (Å²) in [6.45, 7) is 0. The third-order valence-electron chi connectivity index (χ3n) is 3.39. The van der Waals surface area contributed by atoms with Gasteiger partial charge in [0.1, 0.15) is 0 Å². The molecule has 0 aliphatic heterocycles. The minimum atomic E-state index is 1.11. The van der Waals surface area contributed by atoms with Crippen LogP contribution in [0.15, 0.2) is 12.2 Å². The molecule has 0 nitrogen and oxygen atoms in total. The molecule has 0 aromatic heterocycles. The summed E-state index contributed by atoms with van der Waals surface area (Å²) >= 11 is 0. The van der Waals surface area contributed by atoms with Gasteiger partial charge in [0, 0.05) is 0 Å². The predicted octanol–water partition coefficient (Wildman–Crippen LogP) is 3.53. The third-order valence-corrected chi connectivity index (χ3v) is 3.39. The van der Waals surface area contributed by atoms with Crippen LogP contribution in [0.3, 0.4) is 0 Å². The summed E-state index contributed by atoms with van der Waals surface area (Å²) in [4.78, 5) is 0. The largest absolute Gasteiger partial charge is 0.0885 e. The molecule has 0 radical (unpaired) electrons. The van der Waals surface area contributed by atoms with E-state index in [1.165, 1.54) is 44.9 Å². The number of hydrogen-bond acceptors (Lipinski definition) is 0. The van der Waals surface area contributed by atoms with Gasteiger partial charge in [-0.2, -0.15) is 0 Å². The van der Waals surface area contributed by atoms with Gasteiger partial charge in [0.2, 0.25) is 0 Å². The van der Waals surface area contributed by atoms with Crippen molar-refractivity contribution in [2.75, 3.05) is 0 Å². The van der Waals surface area contributed by atoms with E-state index in [0.29, 0.717) is 0 Å². The van der Waals surface area contributed by atoms with Crippen molar-refractivity contribution in [2.45, 2.75) is 44.9 Å². The molecule has 0 spiro atoms. The quantitative estimate of drug-likeness (QED) is 0.463. The zero-order valence-corrected chi connectivity index (χ0v) is 7.26. The van der Waals surface area contributed by atoms with Crippen molar-refractivity contribution in [3.05, 3.63) is 12.2 Å². The summed E-state index contributed by atoms with van der Waals surface area (Å²) in [7, 11) is 0. The number of rotatable bonds is 0. The molecular weight excluding hydrogens is 132 g/mol. The number of allylic oxidation sites excluding steroid dienone is 2. The molecule has 11 heavy (non-hydrogen) atoms. The average Bonchev–Trinajstić information content (AvgIpc) is 2.04. The van der Waals surface area contributed by atoms with Crippen LogP contribution in [0.4, 0.5) is 0 Å². The fourth-order valence-corrected chi connectivity index (χ4v) is 2.44. The monoisotopic (exact) mass is 150 g/mol. The Balaban J connectivity index is 1.87. The van der Waals surface area contributed by atoms with Crippen LogP contribution >= 0.6 is 0 Å². The van der Waals surface area contributed by atoms with E-state index in [0.717, 1.165) is 11.8 Å². The lowest BCUT2D eigenvalue weighted by Crippen LogP contribution is -2.25. The van der Waals surface area contributed by atoms with E-state index in [2.05, 4.69) is 12.2 Å². The van der Waals surface area contributed by atoms with E-state index in [-0.39, 0.29) is 0 Å². The van der Waals surface area contributed by atoms with Gasteiger partial charge in [0.25, 0.3) is 0 Å². The minimum Gasteiger partial charge on any atom is -0.0885 e. The molecule has 0 aromatic rings. The number of fused-ring (bicyclic) bond motifs is 1. The zero-order chi connectivity index (χ0) is 7.52. The molecule has 0 saturated heterocycles. The number of hydrogen-bond donors (Lipinski definition) is 0. The van der Waals surface area contributed by atoms with Gasteiger partial charge in [0.05, 0.1) is 0 Å². The first-order valence-electron chi connectivity index (χ1n) is 5.12. The third kappa shape index (κ3) is 1.66. The molecule has 2 unspecified atom stereocenters. The minimum absolute atomic E-state index is 1.11. The molecule has 0 N–H and O–H groups in total. The Kier molecular flexibility index (Phi) is 2.30. The van der Waals surface area contributed by atoms with E-state index in [9.17, 15) is 0 Å². The summed E-state index contributed by atoms with van der Waals surface area (Å²) < 4.78 is 0. The molecule has 0 bridgehead atoms. The molecule has 0 amide bonds. The molecule has 0 heterocycles. The first-order valence-corrected chi connectivity index (χ1v) is 5.12. The lowest BCUT2D eigenvalue weighted by Gasteiger charge is -2.36. The van der Waals surface area contributed by atoms with E-state index in [1.807, 2.05) is 0 Å². The second-order valence-electron chi connectivity index (χ2n) is 4.08. The van der Waals surface area contributed by atoms with Gasteiger partial charge in [0.15, 0.2) is 0 Å². The van der Waals surface area contributed by atoms with Crippen molar-refractivity contribution in [1.82, 2.24) is 0 Å². The molecule has 0 aromatic carbocycles. The van der Waals surface area contributed by atoms with E-state index < -0.39 is 0 Å². The maximum atomic E-state index is 2.39. The molecule has 62 valence electrons. The summed E-state index contributed by atoms with van der Waals surface area (Å²) in [5.41, 5.74) is 0. The molecule has 2 aliphatic carbocycles. The van der Waals surface area contributed by atoms with Gasteiger partial charge in [-0.1, -0.05) is 12.2 Å². The molecule has 1 saturated carbocycles.